The quantitative estimate of drug-likeness (QED) is 0.173. The molecule has 2 heterocycles. The summed E-state index contributed by atoms with van der Waals surface area (Å²) >= 11 is 10.4. The molecule has 0 saturated heterocycles. The van der Waals surface area contributed by atoms with Crippen LogP contribution in [0.4, 0.5) is 0 Å². The Morgan fingerprint density at radius 1 is 0.339 bits per heavy atom. The van der Waals surface area contributed by atoms with Crippen LogP contribution < -0.4 is 5.46 Å². The molecule has 0 unspecified atom stereocenters. The molecule has 272 valence electrons. The molecule has 0 spiro atoms. The van der Waals surface area contributed by atoms with Crippen LogP contribution in [0.25, 0.3) is 77.3 Å². The molecule has 8 heteroatoms. The third-order valence-electron chi connectivity index (χ3n) is 9.48. The van der Waals surface area contributed by atoms with E-state index in [-0.39, 0.29) is 0 Å². The molecule has 56 heavy (non-hydrogen) atoms. The lowest BCUT2D eigenvalue weighted by Gasteiger charge is -2.10. The number of benzene rings is 8. The van der Waals surface area contributed by atoms with Crippen LogP contribution >= 0.6 is 47.8 Å². The number of furan rings is 2. The summed E-state index contributed by atoms with van der Waals surface area (Å²) in [5.74, 6) is 0. The van der Waals surface area contributed by atoms with Gasteiger partial charge in [0.25, 0.3) is 0 Å². The Bertz CT molecular complexity index is 2880. The van der Waals surface area contributed by atoms with E-state index in [0.29, 0.717) is 5.46 Å². The predicted molar refractivity (Wildman–Crippen MR) is 243 cm³/mol. The minimum absolute atomic E-state index is 0.531. The van der Waals surface area contributed by atoms with Crippen molar-refractivity contribution in [3.8, 4) is 33.4 Å². The first kappa shape index (κ1) is 37.7. The zero-order valence-corrected chi connectivity index (χ0v) is 34.5. The summed E-state index contributed by atoms with van der Waals surface area (Å²) in [5.41, 5.74) is 10.8. The van der Waals surface area contributed by atoms with Crippen molar-refractivity contribution >= 4 is 104 Å². The van der Waals surface area contributed by atoms with Gasteiger partial charge in [0.2, 0.25) is 0 Å². The predicted octanol–water partition coefficient (Wildman–Crippen LogP) is 13.8. The Hall–Kier alpha value is -5.22. The Morgan fingerprint density at radius 2 is 0.696 bits per heavy atom. The lowest BCUT2D eigenvalue weighted by Crippen LogP contribution is -2.31. The lowest BCUT2D eigenvalue weighted by atomic mass is 9.75. The van der Waals surface area contributed by atoms with Crippen LogP contribution in [0.3, 0.4) is 0 Å². The molecule has 0 aliphatic heterocycles. The van der Waals surface area contributed by atoms with Crippen molar-refractivity contribution in [2.24, 2.45) is 0 Å². The van der Waals surface area contributed by atoms with Gasteiger partial charge in [-0.25, -0.2) is 0 Å². The molecule has 10 aromatic rings. The Morgan fingerprint density at radius 3 is 1.16 bits per heavy atom. The lowest BCUT2D eigenvalue weighted by molar-refractivity contribution is 0.426. The van der Waals surface area contributed by atoms with E-state index in [4.69, 9.17) is 8.83 Å². The maximum absolute atomic E-state index is 9.22. The third kappa shape index (κ3) is 8.17. The Labute approximate surface area is 349 Å². The van der Waals surface area contributed by atoms with Crippen molar-refractivity contribution in [3.05, 3.63) is 195 Å². The summed E-state index contributed by atoms with van der Waals surface area (Å²) in [6, 6.07) is 60.8. The van der Waals surface area contributed by atoms with Crippen LogP contribution in [0, 0.1) is 0 Å². The average Bonchev–Trinajstić information content (AvgIpc) is 3.77. The van der Waals surface area contributed by atoms with Gasteiger partial charge in [-0.05, 0) is 106 Å². The summed E-state index contributed by atoms with van der Waals surface area (Å²) in [6.45, 7) is 0. The SMILES string of the molecule is Brc1ccc2c(c1)oc1cc(-c3ccccc3-c3ccccc3)ccc12.Brc1ccc2c(c1)oc1cc(Br)ccc12.OB(O)c1ccccc1-c1ccccc1. The first-order valence-corrected chi connectivity index (χ1v) is 20.2. The van der Waals surface area contributed by atoms with Gasteiger partial charge >= 0.3 is 7.12 Å². The molecule has 0 bridgehead atoms. The van der Waals surface area contributed by atoms with Gasteiger partial charge in [0.1, 0.15) is 22.3 Å². The molecule has 10 rings (SSSR count). The van der Waals surface area contributed by atoms with Crippen molar-refractivity contribution in [1.82, 2.24) is 0 Å². The van der Waals surface area contributed by atoms with Gasteiger partial charge < -0.3 is 18.9 Å². The smallest absolute Gasteiger partial charge is 0.456 e. The summed E-state index contributed by atoms with van der Waals surface area (Å²) in [4.78, 5) is 0. The van der Waals surface area contributed by atoms with Crippen molar-refractivity contribution < 1.29 is 18.9 Å². The fourth-order valence-electron chi connectivity index (χ4n) is 6.85. The molecule has 0 radical (unpaired) electrons. The first-order chi connectivity index (χ1) is 27.3. The molecule has 8 aromatic carbocycles. The molecular formula is C48H32BBr3O4. The zero-order chi connectivity index (χ0) is 38.6. The zero-order valence-electron chi connectivity index (χ0n) is 29.7. The van der Waals surface area contributed by atoms with E-state index in [1.54, 1.807) is 12.1 Å². The molecule has 0 aliphatic carbocycles. The van der Waals surface area contributed by atoms with E-state index in [2.05, 4.69) is 139 Å². The van der Waals surface area contributed by atoms with Gasteiger partial charge in [-0.1, -0.05) is 163 Å². The Kier molecular flexibility index (Phi) is 11.4. The highest BCUT2D eigenvalue weighted by Crippen LogP contribution is 2.37. The molecule has 2 aromatic heterocycles. The van der Waals surface area contributed by atoms with Crippen molar-refractivity contribution in [1.29, 1.82) is 0 Å². The minimum Gasteiger partial charge on any atom is -0.456 e. The van der Waals surface area contributed by atoms with Crippen LogP contribution in [-0.2, 0) is 0 Å². The minimum atomic E-state index is -1.43. The van der Waals surface area contributed by atoms with Crippen molar-refractivity contribution in [3.63, 3.8) is 0 Å². The van der Waals surface area contributed by atoms with E-state index >= 15 is 0 Å². The maximum Gasteiger partial charge on any atom is 0.489 e. The van der Waals surface area contributed by atoms with Crippen molar-refractivity contribution in [2.75, 3.05) is 0 Å². The summed E-state index contributed by atoms with van der Waals surface area (Å²) < 4.78 is 15.0. The molecule has 0 fully saturated rings. The second-order valence-corrected chi connectivity index (χ2v) is 15.8. The third-order valence-corrected chi connectivity index (χ3v) is 11.0. The summed E-state index contributed by atoms with van der Waals surface area (Å²) in [5, 5.41) is 23.0. The molecule has 0 saturated carbocycles. The van der Waals surface area contributed by atoms with Gasteiger partial charge in [0.15, 0.2) is 0 Å². The molecule has 0 atom stereocenters. The van der Waals surface area contributed by atoms with E-state index in [9.17, 15) is 10.0 Å². The Balaban J connectivity index is 0.000000126. The largest absolute Gasteiger partial charge is 0.489 e. The number of fused-ring (bicyclic) bond motifs is 6. The molecule has 0 aliphatic rings. The van der Waals surface area contributed by atoms with Gasteiger partial charge in [-0.15, -0.1) is 0 Å². The topological polar surface area (TPSA) is 66.7 Å². The van der Waals surface area contributed by atoms with Crippen LogP contribution in [-0.4, -0.2) is 17.2 Å². The summed E-state index contributed by atoms with van der Waals surface area (Å²) in [7, 11) is -1.43. The van der Waals surface area contributed by atoms with E-state index in [1.165, 1.54) is 16.7 Å². The van der Waals surface area contributed by atoms with Crippen LogP contribution in [0.15, 0.2) is 204 Å². The van der Waals surface area contributed by atoms with E-state index in [0.717, 1.165) is 74.0 Å². The van der Waals surface area contributed by atoms with Gasteiger partial charge in [0.05, 0.1) is 0 Å². The van der Waals surface area contributed by atoms with Crippen LogP contribution in [0.2, 0.25) is 0 Å². The summed E-state index contributed by atoms with van der Waals surface area (Å²) in [6.07, 6.45) is 0. The van der Waals surface area contributed by atoms with Crippen LogP contribution in [0.5, 0.6) is 0 Å². The van der Waals surface area contributed by atoms with E-state index < -0.39 is 7.12 Å². The standard InChI is InChI=1S/C24H15BrO.C12H11BO2.C12H6Br2O/c25-18-11-13-22-21-12-10-17(14-23(21)26-24(22)15-18)20-9-5-4-8-19(20)16-6-2-1-3-7-16;14-13(15)12-9-5-4-8-11(12)10-6-2-1-3-7-10;13-7-1-3-9-10-4-2-8(14)6-12(10)15-11(9)5-7/h1-15H;1-9,14-15H;1-6H. The normalized spacial score (nSPS) is 10.9. The second-order valence-electron chi connectivity index (χ2n) is 13.1. The highest BCUT2D eigenvalue weighted by atomic mass is 79.9. The van der Waals surface area contributed by atoms with Crippen molar-refractivity contribution in [2.45, 2.75) is 0 Å². The molecule has 2 N–H and O–H groups in total. The number of hydrogen-bond donors (Lipinski definition) is 2. The monoisotopic (exact) mass is 920 g/mol. The fraction of sp³-hybridized carbons (Fsp3) is 0. The number of halogens is 3. The molecular weight excluding hydrogens is 891 g/mol. The fourth-order valence-corrected chi connectivity index (χ4v) is 7.87. The number of rotatable bonds is 4. The highest BCUT2D eigenvalue weighted by molar-refractivity contribution is 9.11. The van der Waals surface area contributed by atoms with Crippen LogP contribution in [0.1, 0.15) is 0 Å². The molecule has 0 amide bonds. The van der Waals surface area contributed by atoms with Gasteiger partial charge in [0, 0.05) is 35.0 Å². The average molecular weight is 923 g/mol. The van der Waals surface area contributed by atoms with E-state index in [1.807, 2.05) is 78.9 Å². The number of hydrogen-bond acceptors (Lipinski definition) is 4. The highest BCUT2D eigenvalue weighted by Gasteiger charge is 2.16. The van der Waals surface area contributed by atoms with Gasteiger partial charge in [-0.2, -0.15) is 0 Å². The molecule has 4 nitrogen and oxygen atoms in total. The van der Waals surface area contributed by atoms with Gasteiger partial charge in [-0.3, -0.25) is 0 Å². The maximum atomic E-state index is 9.22. The second kappa shape index (κ2) is 16.9. The first-order valence-electron chi connectivity index (χ1n) is 17.9.